The lowest BCUT2D eigenvalue weighted by Gasteiger charge is -2.19. The normalized spacial score (nSPS) is 16.4. The van der Waals surface area contributed by atoms with Crippen molar-refractivity contribution in [1.29, 1.82) is 0 Å². The Morgan fingerprint density at radius 1 is 1.38 bits per heavy atom. The fourth-order valence-electron chi connectivity index (χ4n) is 1.69. The van der Waals surface area contributed by atoms with E-state index in [1.165, 1.54) is 0 Å². The van der Waals surface area contributed by atoms with E-state index in [1.807, 2.05) is 6.92 Å². The standard InChI is InChI=1S/C12H19NO3/c1-8-5-4-6-9(8)10(14)13-7-12(2,3)11(15)16/h4-7H2,1-3H3,(H,13,14)(H,15,16). The highest BCUT2D eigenvalue weighted by molar-refractivity contribution is 5.94. The molecule has 4 nitrogen and oxygen atoms in total. The van der Waals surface area contributed by atoms with Crippen LogP contribution in [0.3, 0.4) is 0 Å². The van der Waals surface area contributed by atoms with E-state index >= 15 is 0 Å². The second-order valence-corrected chi connectivity index (χ2v) is 4.98. The topological polar surface area (TPSA) is 66.4 Å². The molecule has 0 aromatic heterocycles. The molecule has 0 heterocycles. The average Bonchev–Trinajstić information content (AvgIpc) is 2.61. The number of nitrogens with one attached hydrogen (secondary N) is 1. The van der Waals surface area contributed by atoms with Gasteiger partial charge in [-0.15, -0.1) is 0 Å². The third-order valence-corrected chi connectivity index (χ3v) is 3.04. The van der Waals surface area contributed by atoms with Crippen LogP contribution in [0, 0.1) is 5.41 Å². The van der Waals surface area contributed by atoms with Crippen molar-refractivity contribution in [2.45, 2.75) is 40.0 Å². The minimum Gasteiger partial charge on any atom is -0.481 e. The SMILES string of the molecule is CC1=C(C(=O)NCC(C)(C)C(=O)O)CCC1. The number of rotatable bonds is 4. The molecule has 4 heteroatoms. The van der Waals surface area contributed by atoms with Crippen molar-refractivity contribution in [3.8, 4) is 0 Å². The smallest absolute Gasteiger partial charge is 0.310 e. The van der Waals surface area contributed by atoms with Gasteiger partial charge >= 0.3 is 5.97 Å². The molecular weight excluding hydrogens is 206 g/mol. The number of carbonyl (C=O) groups excluding carboxylic acids is 1. The summed E-state index contributed by atoms with van der Waals surface area (Å²) in [7, 11) is 0. The zero-order chi connectivity index (χ0) is 12.3. The summed E-state index contributed by atoms with van der Waals surface area (Å²) in [5.41, 5.74) is 1.05. The monoisotopic (exact) mass is 225 g/mol. The fourth-order valence-corrected chi connectivity index (χ4v) is 1.69. The molecule has 0 saturated carbocycles. The van der Waals surface area contributed by atoms with Crippen molar-refractivity contribution in [1.82, 2.24) is 5.32 Å². The van der Waals surface area contributed by atoms with E-state index in [0.29, 0.717) is 0 Å². The largest absolute Gasteiger partial charge is 0.481 e. The Bertz CT molecular complexity index is 342. The van der Waals surface area contributed by atoms with Crippen LogP contribution in [0.15, 0.2) is 11.1 Å². The van der Waals surface area contributed by atoms with Gasteiger partial charge in [0.25, 0.3) is 0 Å². The fraction of sp³-hybridized carbons (Fsp3) is 0.667. The molecule has 0 aliphatic heterocycles. The van der Waals surface area contributed by atoms with E-state index in [9.17, 15) is 9.59 Å². The lowest BCUT2D eigenvalue weighted by molar-refractivity contribution is -0.146. The minimum absolute atomic E-state index is 0.107. The Hall–Kier alpha value is -1.32. The van der Waals surface area contributed by atoms with Crippen LogP contribution < -0.4 is 5.32 Å². The van der Waals surface area contributed by atoms with Crippen LogP contribution in [0.25, 0.3) is 0 Å². The molecule has 0 unspecified atom stereocenters. The van der Waals surface area contributed by atoms with Crippen LogP contribution >= 0.6 is 0 Å². The number of hydrogen-bond donors (Lipinski definition) is 2. The summed E-state index contributed by atoms with van der Waals surface area (Å²) in [4.78, 5) is 22.6. The Morgan fingerprint density at radius 2 is 2.00 bits per heavy atom. The van der Waals surface area contributed by atoms with Crippen molar-refractivity contribution >= 4 is 11.9 Å². The van der Waals surface area contributed by atoms with E-state index in [0.717, 1.165) is 30.4 Å². The third kappa shape index (κ3) is 2.84. The Kier molecular flexibility index (Phi) is 3.73. The van der Waals surface area contributed by atoms with Crippen molar-refractivity contribution in [2.75, 3.05) is 6.54 Å². The maximum absolute atomic E-state index is 11.8. The Morgan fingerprint density at radius 3 is 2.44 bits per heavy atom. The van der Waals surface area contributed by atoms with E-state index in [1.54, 1.807) is 13.8 Å². The number of aliphatic carboxylic acids is 1. The molecular formula is C12H19NO3. The molecule has 0 bridgehead atoms. The molecule has 1 amide bonds. The van der Waals surface area contributed by atoms with Crippen molar-refractivity contribution < 1.29 is 14.7 Å². The van der Waals surface area contributed by atoms with Crippen molar-refractivity contribution in [3.63, 3.8) is 0 Å². The minimum atomic E-state index is -0.914. The highest BCUT2D eigenvalue weighted by Crippen LogP contribution is 2.25. The summed E-state index contributed by atoms with van der Waals surface area (Å²) in [6, 6.07) is 0. The average molecular weight is 225 g/mol. The molecule has 0 spiro atoms. The second kappa shape index (κ2) is 4.68. The zero-order valence-electron chi connectivity index (χ0n) is 10.1. The van der Waals surface area contributed by atoms with Gasteiger partial charge in [-0.05, 0) is 40.0 Å². The van der Waals surface area contributed by atoms with Crippen molar-refractivity contribution in [3.05, 3.63) is 11.1 Å². The predicted octanol–water partition coefficient (Wildman–Crippen LogP) is 1.71. The maximum Gasteiger partial charge on any atom is 0.310 e. The summed E-state index contributed by atoms with van der Waals surface area (Å²) in [5, 5.41) is 11.6. The van der Waals surface area contributed by atoms with Crippen LogP contribution in [0.5, 0.6) is 0 Å². The molecule has 1 aliphatic carbocycles. The van der Waals surface area contributed by atoms with Crippen LogP contribution in [0.4, 0.5) is 0 Å². The van der Waals surface area contributed by atoms with Gasteiger partial charge in [-0.2, -0.15) is 0 Å². The summed E-state index contributed by atoms with van der Waals surface area (Å²) < 4.78 is 0. The van der Waals surface area contributed by atoms with Gasteiger partial charge in [-0.3, -0.25) is 9.59 Å². The first kappa shape index (κ1) is 12.7. The zero-order valence-corrected chi connectivity index (χ0v) is 10.1. The number of amides is 1. The van der Waals surface area contributed by atoms with Crippen LogP contribution in [-0.2, 0) is 9.59 Å². The van der Waals surface area contributed by atoms with Crippen LogP contribution in [-0.4, -0.2) is 23.5 Å². The van der Waals surface area contributed by atoms with E-state index in [2.05, 4.69) is 5.32 Å². The molecule has 1 rings (SSSR count). The van der Waals surface area contributed by atoms with E-state index < -0.39 is 11.4 Å². The third-order valence-electron chi connectivity index (χ3n) is 3.04. The van der Waals surface area contributed by atoms with Gasteiger partial charge in [-0.1, -0.05) is 5.57 Å². The maximum atomic E-state index is 11.8. The van der Waals surface area contributed by atoms with Gasteiger partial charge in [0.2, 0.25) is 5.91 Å². The Balaban J connectivity index is 2.54. The van der Waals surface area contributed by atoms with Gasteiger partial charge in [0.1, 0.15) is 0 Å². The van der Waals surface area contributed by atoms with Gasteiger partial charge in [0, 0.05) is 12.1 Å². The molecule has 1 aliphatic rings. The van der Waals surface area contributed by atoms with Gasteiger partial charge in [0.05, 0.1) is 5.41 Å². The van der Waals surface area contributed by atoms with E-state index in [4.69, 9.17) is 5.11 Å². The molecule has 0 aromatic carbocycles. The highest BCUT2D eigenvalue weighted by atomic mass is 16.4. The molecule has 0 fully saturated rings. The quantitative estimate of drug-likeness (QED) is 0.765. The number of carbonyl (C=O) groups is 2. The molecule has 2 N–H and O–H groups in total. The molecule has 90 valence electrons. The summed E-state index contributed by atoms with van der Waals surface area (Å²) in [6.07, 6.45) is 2.81. The van der Waals surface area contributed by atoms with Gasteiger partial charge in [0.15, 0.2) is 0 Å². The molecule has 16 heavy (non-hydrogen) atoms. The molecule has 0 saturated heterocycles. The van der Waals surface area contributed by atoms with Gasteiger partial charge < -0.3 is 10.4 Å². The second-order valence-electron chi connectivity index (χ2n) is 4.98. The van der Waals surface area contributed by atoms with Crippen molar-refractivity contribution in [2.24, 2.45) is 5.41 Å². The summed E-state index contributed by atoms with van der Waals surface area (Å²) in [5.74, 6) is -1.01. The number of carboxylic acids is 1. The molecule has 0 atom stereocenters. The number of carboxylic acid groups (broad SMARTS) is 1. The number of hydrogen-bond acceptors (Lipinski definition) is 2. The first-order chi connectivity index (χ1) is 7.34. The Labute approximate surface area is 95.7 Å². The first-order valence-corrected chi connectivity index (χ1v) is 5.55. The lowest BCUT2D eigenvalue weighted by atomic mass is 9.94. The lowest BCUT2D eigenvalue weighted by Crippen LogP contribution is -2.39. The predicted molar refractivity (Wildman–Crippen MR) is 61.0 cm³/mol. The molecule has 0 radical (unpaired) electrons. The summed E-state index contributed by atoms with van der Waals surface area (Å²) >= 11 is 0. The first-order valence-electron chi connectivity index (χ1n) is 5.55. The van der Waals surface area contributed by atoms with E-state index in [-0.39, 0.29) is 12.5 Å². The number of allylic oxidation sites excluding steroid dienone is 1. The van der Waals surface area contributed by atoms with Gasteiger partial charge in [-0.25, -0.2) is 0 Å². The van der Waals surface area contributed by atoms with Crippen LogP contribution in [0.1, 0.15) is 40.0 Å². The van der Waals surface area contributed by atoms with Crippen LogP contribution in [0.2, 0.25) is 0 Å². The molecule has 0 aromatic rings. The highest BCUT2D eigenvalue weighted by Gasteiger charge is 2.28. The summed E-state index contributed by atoms with van der Waals surface area (Å²) in [6.45, 7) is 5.33.